The fourth-order valence-electron chi connectivity index (χ4n) is 4.61. The van der Waals surface area contributed by atoms with Crippen LogP contribution in [0, 0.1) is 0 Å². The summed E-state index contributed by atoms with van der Waals surface area (Å²) in [4.78, 5) is 25.3. The molecular formula is C21H32N2O16. The fourth-order valence-corrected chi connectivity index (χ4v) is 4.61. The molecule has 0 amide bonds. The number of aromatic amines is 1. The summed E-state index contributed by atoms with van der Waals surface area (Å²) in [7, 11) is 0. The molecule has 222 valence electrons. The van der Waals surface area contributed by atoms with E-state index in [0.29, 0.717) is 0 Å². The summed E-state index contributed by atoms with van der Waals surface area (Å²) < 4.78 is 28.0. The highest BCUT2D eigenvalue weighted by atomic mass is 16.7. The van der Waals surface area contributed by atoms with E-state index in [2.05, 4.69) is 0 Å². The molecule has 4 heterocycles. The molecule has 0 aliphatic carbocycles. The van der Waals surface area contributed by atoms with Crippen molar-refractivity contribution in [1.82, 2.24) is 9.55 Å². The second-order valence-electron chi connectivity index (χ2n) is 9.40. The van der Waals surface area contributed by atoms with Gasteiger partial charge in [0.05, 0.1) is 19.8 Å². The van der Waals surface area contributed by atoms with Crippen molar-refractivity contribution in [1.29, 1.82) is 0 Å². The molecule has 3 saturated heterocycles. The first-order chi connectivity index (χ1) is 18.5. The zero-order chi connectivity index (χ0) is 28.6. The van der Waals surface area contributed by atoms with Gasteiger partial charge in [-0.3, -0.25) is 14.3 Å². The van der Waals surface area contributed by atoms with Crippen LogP contribution in [0.1, 0.15) is 6.23 Å². The topological polar surface area (TPSA) is 283 Å². The normalized spacial score (nSPS) is 44.9. The molecule has 39 heavy (non-hydrogen) atoms. The number of hydrogen-bond acceptors (Lipinski definition) is 16. The van der Waals surface area contributed by atoms with E-state index in [1.54, 1.807) is 0 Å². The van der Waals surface area contributed by atoms with Crippen molar-refractivity contribution in [3.05, 3.63) is 33.1 Å². The Balaban J connectivity index is 1.39. The predicted octanol–water partition coefficient (Wildman–Crippen LogP) is -7.20. The van der Waals surface area contributed by atoms with Gasteiger partial charge in [0.25, 0.3) is 5.56 Å². The van der Waals surface area contributed by atoms with E-state index in [1.807, 2.05) is 4.98 Å². The summed E-state index contributed by atoms with van der Waals surface area (Å²) in [5, 5.41) is 91.1. The lowest BCUT2D eigenvalue weighted by Crippen LogP contribution is -2.64. The summed E-state index contributed by atoms with van der Waals surface area (Å²) in [6, 6.07) is 1.01. The standard InChI is InChI=1S/C21H32N2O16/c24-3-6-10(27)12(29)15(32)20(37-6)39-17-7(4-25)38-19(16(33)13(17)30)35-5-8-11(28)14(31)18(36-8)23-2-1-9(26)22-21(23)34/h1-2,6-8,10-20,24-25,27-33H,3-5H2,(H,22,26,34)/t6?,7?,8-,10+,11?,12?,13?,14?,15?,16?,17-,18-,19-,20+/m1/s1. The van der Waals surface area contributed by atoms with Crippen LogP contribution in [0.5, 0.6) is 0 Å². The van der Waals surface area contributed by atoms with Gasteiger partial charge in [-0.15, -0.1) is 0 Å². The van der Waals surface area contributed by atoms with Crippen LogP contribution in [0.4, 0.5) is 0 Å². The molecule has 0 spiro atoms. The van der Waals surface area contributed by atoms with Gasteiger partial charge in [0.2, 0.25) is 0 Å². The Kier molecular flexibility index (Phi) is 9.51. The summed E-state index contributed by atoms with van der Waals surface area (Å²) >= 11 is 0. The van der Waals surface area contributed by atoms with Gasteiger partial charge in [0, 0.05) is 12.3 Å². The molecule has 0 aromatic carbocycles. The van der Waals surface area contributed by atoms with Gasteiger partial charge in [-0.2, -0.15) is 0 Å². The lowest BCUT2D eigenvalue weighted by atomic mass is 9.97. The maximum absolute atomic E-state index is 12.0. The van der Waals surface area contributed by atoms with Crippen LogP contribution in [-0.4, -0.2) is 155 Å². The van der Waals surface area contributed by atoms with Gasteiger partial charge in [0.1, 0.15) is 67.1 Å². The molecule has 4 rings (SSSR count). The maximum Gasteiger partial charge on any atom is 0.330 e. The Morgan fingerprint density at radius 2 is 1.36 bits per heavy atom. The van der Waals surface area contributed by atoms with Crippen LogP contribution < -0.4 is 11.2 Å². The molecule has 0 bridgehead atoms. The van der Waals surface area contributed by atoms with Crippen molar-refractivity contribution in [3.63, 3.8) is 0 Å². The lowest BCUT2D eigenvalue weighted by Gasteiger charge is -2.46. The molecule has 10 N–H and O–H groups in total. The van der Waals surface area contributed by atoms with Crippen LogP contribution in [-0.2, 0) is 23.7 Å². The maximum atomic E-state index is 12.0. The Hall–Kier alpha value is -1.88. The Bertz CT molecular complexity index is 1060. The van der Waals surface area contributed by atoms with Crippen LogP contribution in [0.3, 0.4) is 0 Å². The van der Waals surface area contributed by atoms with Gasteiger partial charge in [0.15, 0.2) is 18.8 Å². The lowest BCUT2D eigenvalue weighted by molar-refractivity contribution is -0.360. The zero-order valence-electron chi connectivity index (χ0n) is 20.2. The van der Waals surface area contributed by atoms with Crippen LogP contribution in [0.15, 0.2) is 21.9 Å². The van der Waals surface area contributed by atoms with Gasteiger partial charge in [-0.1, -0.05) is 0 Å². The number of nitrogens with zero attached hydrogens (tertiary/aromatic N) is 1. The molecule has 14 atom stereocenters. The summed E-state index contributed by atoms with van der Waals surface area (Å²) in [5.41, 5.74) is -1.58. The van der Waals surface area contributed by atoms with E-state index in [4.69, 9.17) is 23.7 Å². The number of aliphatic hydroxyl groups excluding tert-OH is 9. The molecule has 1 aromatic heterocycles. The third-order valence-electron chi connectivity index (χ3n) is 6.85. The van der Waals surface area contributed by atoms with E-state index in [0.717, 1.165) is 16.8 Å². The van der Waals surface area contributed by atoms with Crippen molar-refractivity contribution in [2.24, 2.45) is 0 Å². The molecular weight excluding hydrogens is 536 g/mol. The molecule has 3 aliphatic heterocycles. The van der Waals surface area contributed by atoms with Crippen molar-refractivity contribution in [2.75, 3.05) is 19.8 Å². The predicted molar refractivity (Wildman–Crippen MR) is 120 cm³/mol. The van der Waals surface area contributed by atoms with Crippen molar-refractivity contribution in [2.45, 2.75) is 86.0 Å². The Morgan fingerprint density at radius 3 is 2.00 bits per heavy atom. The highest BCUT2D eigenvalue weighted by Gasteiger charge is 2.51. The number of H-pyrrole nitrogens is 1. The molecule has 18 heteroatoms. The van der Waals surface area contributed by atoms with E-state index >= 15 is 0 Å². The molecule has 0 saturated carbocycles. The number of aliphatic hydroxyl groups is 9. The van der Waals surface area contributed by atoms with Gasteiger partial charge in [-0.05, 0) is 0 Å². The van der Waals surface area contributed by atoms with Gasteiger partial charge >= 0.3 is 5.69 Å². The Morgan fingerprint density at radius 1 is 0.744 bits per heavy atom. The van der Waals surface area contributed by atoms with Crippen LogP contribution in [0.25, 0.3) is 0 Å². The quantitative estimate of drug-likeness (QED) is 0.139. The summed E-state index contributed by atoms with van der Waals surface area (Å²) in [6.07, 6.45) is -21.2. The summed E-state index contributed by atoms with van der Waals surface area (Å²) in [6.45, 7) is -2.06. The molecule has 8 unspecified atom stereocenters. The fraction of sp³-hybridized carbons (Fsp3) is 0.810. The van der Waals surface area contributed by atoms with Crippen LogP contribution >= 0.6 is 0 Å². The minimum atomic E-state index is -1.83. The van der Waals surface area contributed by atoms with Gasteiger partial charge < -0.3 is 69.6 Å². The second kappa shape index (κ2) is 12.3. The smallest absolute Gasteiger partial charge is 0.330 e. The van der Waals surface area contributed by atoms with Gasteiger partial charge in [-0.25, -0.2) is 4.79 Å². The first-order valence-corrected chi connectivity index (χ1v) is 12.0. The minimum Gasteiger partial charge on any atom is -0.394 e. The third kappa shape index (κ3) is 5.94. The number of nitrogens with one attached hydrogen (secondary N) is 1. The van der Waals surface area contributed by atoms with E-state index in [-0.39, 0.29) is 0 Å². The number of aromatic nitrogens is 2. The molecule has 3 aliphatic rings. The van der Waals surface area contributed by atoms with E-state index in [1.165, 1.54) is 0 Å². The highest BCUT2D eigenvalue weighted by molar-refractivity contribution is 4.96. The molecule has 0 radical (unpaired) electrons. The monoisotopic (exact) mass is 568 g/mol. The van der Waals surface area contributed by atoms with E-state index < -0.39 is 117 Å². The molecule has 1 aromatic rings. The Labute approximate surface area is 218 Å². The molecule has 18 nitrogen and oxygen atoms in total. The third-order valence-corrected chi connectivity index (χ3v) is 6.85. The SMILES string of the molecule is O=c1ccn([C@@H]2O[C@H](CO[C@@H]3OC(CO)[C@@H](O[C@@H]4OC(CO)[C@H](O)C(O)C4O)C(O)C3O)C(O)C2O)c(=O)[nH]1. The molecule has 3 fully saturated rings. The van der Waals surface area contributed by atoms with Crippen molar-refractivity contribution < 1.29 is 69.6 Å². The first kappa shape index (κ1) is 30.1. The van der Waals surface area contributed by atoms with Crippen LogP contribution in [0.2, 0.25) is 0 Å². The average molecular weight is 568 g/mol. The summed E-state index contributed by atoms with van der Waals surface area (Å²) in [5.74, 6) is 0. The number of hydrogen-bond donors (Lipinski definition) is 10. The van der Waals surface area contributed by atoms with E-state index in [9.17, 15) is 55.5 Å². The first-order valence-electron chi connectivity index (χ1n) is 12.0. The zero-order valence-corrected chi connectivity index (χ0v) is 20.2. The van der Waals surface area contributed by atoms with Crippen molar-refractivity contribution in [3.8, 4) is 0 Å². The largest absolute Gasteiger partial charge is 0.394 e. The number of ether oxygens (including phenoxy) is 5. The number of rotatable bonds is 8. The highest BCUT2D eigenvalue weighted by Crippen LogP contribution is 2.32. The second-order valence-corrected chi connectivity index (χ2v) is 9.40. The minimum absolute atomic E-state index is 0.530. The van der Waals surface area contributed by atoms with Crippen molar-refractivity contribution >= 4 is 0 Å². The average Bonchev–Trinajstić information content (AvgIpc) is 3.19.